The average Bonchev–Trinajstić information content (AvgIpc) is 2.94. The molecule has 1 atom stereocenters. The van der Waals surface area contributed by atoms with Gasteiger partial charge in [-0.3, -0.25) is 0 Å². The molecule has 3 nitrogen and oxygen atoms in total. The van der Waals surface area contributed by atoms with Crippen molar-refractivity contribution in [2.45, 2.75) is 12.2 Å². The van der Waals surface area contributed by atoms with E-state index in [4.69, 9.17) is 0 Å². The minimum atomic E-state index is -3.60. The summed E-state index contributed by atoms with van der Waals surface area (Å²) in [5, 5.41) is 0.127. The van der Waals surface area contributed by atoms with Crippen molar-refractivity contribution >= 4 is 20.9 Å². The van der Waals surface area contributed by atoms with E-state index in [0.717, 1.165) is 16.5 Å². The molecule has 1 heterocycles. The summed E-state index contributed by atoms with van der Waals surface area (Å²) < 4.78 is 27.4. The first-order valence-electron chi connectivity index (χ1n) is 7.03. The van der Waals surface area contributed by atoms with Gasteiger partial charge in [0, 0.05) is 11.6 Å². The molecule has 0 N–H and O–H groups in total. The van der Waals surface area contributed by atoms with Gasteiger partial charge < -0.3 is 0 Å². The lowest BCUT2D eigenvalue weighted by Crippen LogP contribution is -2.19. The first-order chi connectivity index (χ1) is 10.5. The zero-order chi connectivity index (χ0) is 15.7. The molecule has 4 heteroatoms. The zero-order valence-electron chi connectivity index (χ0n) is 12.3. The first-order valence-corrected chi connectivity index (χ1v) is 8.54. The Hall–Kier alpha value is -2.33. The summed E-state index contributed by atoms with van der Waals surface area (Å²) in [5.74, 6) is 0. The van der Waals surface area contributed by atoms with Crippen molar-refractivity contribution in [2.75, 3.05) is 0 Å². The smallest absolute Gasteiger partial charge is 0.244 e. The Morgan fingerprint density at radius 3 is 2.41 bits per heavy atom. The Kier molecular flexibility index (Phi) is 3.62. The van der Waals surface area contributed by atoms with Crippen molar-refractivity contribution in [2.24, 2.45) is 0 Å². The van der Waals surface area contributed by atoms with Crippen LogP contribution >= 0.6 is 0 Å². The Balaban J connectivity index is 2.15. The van der Waals surface area contributed by atoms with Gasteiger partial charge >= 0.3 is 0 Å². The summed E-state index contributed by atoms with van der Waals surface area (Å²) in [6.07, 6.45) is 3.08. The number of nitrogens with zero attached hydrogens (tertiary/aromatic N) is 1. The minimum Gasteiger partial charge on any atom is -0.244 e. The number of hydrogen-bond acceptors (Lipinski definition) is 2. The van der Waals surface area contributed by atoms with Crippen molar-refractivity contribution in [1.82, 2.24) is 3.97 Å². The molecule has 0 saturated carbocycles. The highest BCUT2D eigenvalue weighted by atomic mass is 32.2. The molecule has 1 aromatic heterocycles. The molecule has 0 aliphatic heterocycles. The molecule has 0 saturated heterocycles. The van der Waals surface area contributed by atoms with Crippen molar-refractivity contribution in [3.8, 4) is 0 Å². The maximum atomic E-state index is 13.0. The van der Waals surface area contributed by atoms with Gasteiger partial charge in [-0.15, -0.1) is 6.58 Å². The zero-order valence-corrected chi connectivity index (χ0v) is 13.1. The fourth-order valence-corrected chi connectivity index (χ4v) is 4.25. The van der Waals surface area contributed by atoms with Crippen LogP contribution < -0.4 is 0 Å². The molecular weight excluding hydrogens is 294 g/mol. The molecule has 22 heavy (non-hydrogen) atoms. The summed E-state index contributed by atoms with van der Waals surface area (Å²) >= 11 is 0. The van der Waals surface area contributed by atoms with Crippen molar-refractivity contribution in [3.05, 3.63) is 84.6 Å². The molecule has 3 aromatic rings. The second-order valence-electron chi connectivity index (χ2n) is 5.28. The van der Waals surface area contributed by atoms with Crippen molar-refractivity contribution in [1.29, 1.82) is 0 Å². The van der Waals surface area contributed by atoms with Crippen LogP contribution in [0.4, 0.5) is 0 Å². The summed E-state index contributed by atoms with van der Waals surface area (Å²) in [5.41, 5.74) is 2.50. The van der Waals surface area contributed by atoms with Gasteiger partial charge in [0.05, 0.1) is 5.52 Å². The molecule has 0 fully saturated rings. The standard InChI is InChI=1S/C18H17NO2S/c1-3-18(16-10-8-14(2)9-11-16)22(20,21)19-13-12-15-6-4-5-7-17(15)19/h3-13,18H,1H2,2H3. The largest absolute Gasteiger partial charge is 0.249 e. The molecule has 0 aliphatic rings. The quantitative estimate of drug-likeness (QED) is 0.682. The Morgan fingerprint density at radius 2 is 1.73 bits per heavy atom. The van der Waals surface area contributed by atoms with E-state index in [2.05, 4.69) is 6.58 Å². The number of hydrogen-bond donors (Lipinski definition) is 0. The van der Waals surface area contributed by atoms with Gasteiger partial charge in [0.15, 0.2) is 0 Å². The van der Waals surface area contributed by atoms with E-state index < -0.39 is 15.3 Å². The highest BCUT2D eigenvalue weighted by Gasteiger charge is 2.27. The molecule has 3 rings (SSSR count). The highest BCUT2D eigenvalue weighted by molar-refractivity contribution is 7.90. The Morgan fingerprint density at radius 1 is 1.05 bits per heavy atom. The minimum absolute atomic E-state index is 0.682. The van der Waals surface area contributed by atoms with Gasteiger partial charge in [-0.1, -0.05) is 54.1 Å². The number of benzene rings is 2. The Bertz CT molecular complexity index is 921. The van der Waals surface area contributed by atoms with Crippen LogP contribution in [-0.4, -0.2) is 12.4 Å². The van der Waals surface area contributed by atoms with Crippen LogP contribution in [0.2, 0.25) is 0 Å². The van der Waals surface area contributed by atoms with E-state index in [1.807, 2.05) is 61.5 Å². The topological polar surface area (TPSA) is 39.1 Å². The molecule has 0 bridgehead atoms. The number of para-hydroxylation sites is 1. The van der Waals surface area contributed by atoms with Crippen molar-refractivity contribution in [3.63, 3.8) is 0 Å². The molecule has 112 valence electrons. The fraction of sp³-hybridized carbons (Fsp3) is 0.111. The molecular formula is C18H17NO2S. The van der Waals surface area contributed by atoms with Gasteiger partial charge in [-0.25, -0.2) is 12.4 Å². The Labute approximate surface area is 130 Å². The summed E-state index contributed by atoms with van der Waals surface area (Å²) in [4.78, 5) is 0. The number of aryl methyl sites for hydroxylation is 1. The van der Waals surface area contributed by atoms with Crippen LogP contribution in [0.15, 0.2) is 73.4 Å². The highest BCUT2D eigenvalue weighted by Crippen LogP contribution is 2.29. The predicted molar refractivity (Wildman–Crippen MR) is 90.4 cm³/mol. The predicted octanol–water partition coefficient (Wildman–Crippen LogP) is 4.05. The van der Waals surface area contributed by atoms with Gasteiger partial charge in [0.2, 0.25) is 10.0 Å². The van der Waals surface area contributed by atoms with Gasteiger partial charge in [-0.2, -0.15) is 0 Å². The lowest BCUT2D eigenvalue weighted by atomic mass is 10.1. The van der Waals surface area contributed by atoms with Crippen molar-refractivity contribution < 1.29 is 8.42 Å². The maximum absolute atomic E-state index is 13.0. The fourth-order valence-electron chi connectivity index (χ4n) is 2.59. The lowest BCUT2D eigenvalue weighted by molar-refractivity contribution is 0.583. The van der Waals surface area contributed by atoms with Crippen LogP contribution in [0.25, 0.3) is 10.9 Å². The van der Waals surface area contributed by atoms with E-state index >= 15 is 0 Å². The number of fused-ring (bicyclic) bond motifs is 1. The number of rotatable bonds is 4. The van der Waals surface area contributed by atoms with Crippen LogP contribution in [-0.2, 0) is 10.0 Å². The third-order valence-corrected chi connectivity index (χ3v) is 5.75. The molecule has 0 spiro atoms. The van der Waals surface area contributed by atoms with E-state index in [9.17, 15) is 8.42 Å². The molecule has 0 radical (unpaired) electrons. The SMILES string of the molecule is C=CC(c1ccc(C)cc1)S(=O)(=O)n1ccc2ccccc21. The van der Waals surface area contributed by atoms with Gasteiger partial charge in [0.1, 0.15) is 5.25 Å². The molecule has 0 aliphatic carbocycles. The van der Waals surface area contributed by atoms with Crippen LogP contribution in [0, 0.1) is 6.92 Å². The van der Waals surface area contributed by atoms with E-state index in [0.29, 0.717) is 5.52 Å². The van der Waals surface area contributed by atoms with E-state index in [1.54, 1.807) is 6.20 Å². The monoisotopic (exact) mass is 311 g/mol. The van der Waals surface area contributed by atoms with Crippen LogP contribution in [0.3, 0.4) is 0 Å². The van der Waals surface area contributed by atoms with E-state index in [1.165, 1.54) is 10.0 Å². The summed E-state index contributed by atoms with van der Waals surface area (Å²) in [7, 11) is -3.60. The maximum Gasteiger partial charge on any atom is 0.249 e. The van der Waals surface area contributed by atoms with Gasteiger partial charge in [0.25, 0.3) is 0 Å². The second kappa shape index (κ2) is 5.46. The first kappa shape index (κ1) is 14.6. The normalized spacial score (nSPS) is 13.1. The summed E-state index contributed by atoms with van der Waals surface area (Å²) in [6.45, 7) is 5.70. The molecule has 1 unspecified atom stereocenters. The second-order valence-corrected chi connectivity index (χ2v) is 7.21. The molecule has 0 amide bonds. The van der Waals surface area contributed by atoms with Crippen LogP contribution in [0.1, 0.15) is 16.4 Å². The van der Waals surface area contributed by atoms with Gasteiger partial charge in [-0.05, 0) is 24.6 Å². The third kappa shape index (κ3) is 2.35. The van der Waals surface area contributed by atoms with E-state index in [-0.39, 0.29) is 0 Å². The average molecular weight is 311 g/mol. The number of aromatic nitrogens is 1. The third-order valence-electron chi connectivity index (χ3n) is 3.78. The summed E-state index contributed by atoms with van der Waals surface area (Å²) in [6, 6.07) is 16.7. The molecule has 2 aromatic carbocycles. The van der Waals surface area contributed by atoms with Crippen LogP contribution in [0.5, 0.6) is 0 Å². The lowest BCUT2D eigenvalue weighted by Gasteiger charge is -2.16.